The highest BCUT2D eigenvalue weighted by Crippen LogP contribution is 2.20. The fraction of sp³-hybridized carbons (Fsp3) is 0.100. The van der Waals surface area contributed by atoms with Crippen LogP contribution in [0, 0.1) is 17.0 Å². The summed E-state index contributed by atoms with van der Waals surface area (Å²) in [6.07, 6.45) is 3.32. The first kappa shape index (κ1) is 18.5. The van der Waals surface area contributed by atoms with Crippen LogP contribution in [-0.4, -0.2) is 15.7 Å². The summed E-state index contributed by atoms with van der Waals surface area (Å²) < 4.78 is 2.03. The largest absolute Gasteiger partial charge is 0.311 e. The van der Waals surface area contributed by atoms with Crippen molar-refractivity contribution in [2.24, 2.45) is 10.2 Å². The van der Waals surface area contributed by atoms with Crippen LogP contribution in [0.2, 0.25) is 0 Å². The Labute approximate surface area is 160 Å². The van der Waals surface area contributed by atoms with E-state index in [4.69, 9.17) is 0 Å². The molecule has 7 heteroatoms. The maximum atomic E-state index is 10.9. The molecule has 0 atom stereocenters. The Morgan fingerprint density at radius 3 is 2.74 bits per heavy atom. The van der Waals surface area contributed by atoms with Crippen LogP contribution >= 0.6 is 11.3 Å². The summed E-state index contributed by atoms with van der Waals surface area (Å²) in [5, 5.41) is 21.3. The highest BCUT2D eigenvalue weighted by Gasteiger charge is 2.07. The van der Waals surface area contributed by atoms with Gasteiger partial charge >= 0.3 is 0 Å². The third-order valence-electron chi connectivity index (χ3n) is 3.89. The van der Waals surface area contributed by atoms with Crippen LogP contribution in [0.25, 0.3) is 11.3 Å². The molecule has 136 valence electrons. The van der Waals surface area contributed by atoms with Crippen LogP contribution in [0.1, 0.15) is 11.1 Å². The average molecular weight is 378 g/mol. The molecule has 0 amide bonds. The molecule has 0 unspecified atom stereocenters. The average Bonchev–Trinajstić information content (AvgIpc) is 3.06. The second-order valence-corrected chi connectivity index (χ2v) is 6.70. The summed E-state index contributed by atoms with van der Waals surface area (Å²) in [5.74, 6) is 0. The van der Waals surface area contributed by atoms with Gasteiger partial charge in [0, 0.05) is 29.6 Å². The van der Waals surface area contributed by atoms with Crippen molar-refractivity contribution >= 4 is 23.2 Å². The van der Waals surface area contributed by atoms with Crippen LogP contribution in [0.5, 0.6) is 0 Å². The molecule has 27 heavy (non-hydrogen) atoms. The summed E-state index contributed by atoms with van der Waals surface area (Å²) in [6, 6.07) is 14.6. The van der Waals surface area contributed by atoms with E-state index in [1.807, 2.05) is 16.0 Å². The number of hydrogen-bond acceptors (Lipinski definition) is 5. The van der Waals surface area contributed by atoms with E-state index in [-0.39, 0.29) is 5.69 Å². The van der Waals surface area contributed by atoms with Crippen molar-refractivity contribution in [1.29, 1.82) is 0 Å². The van der Waals surface area contributed by atoms with Crippen molar-refractivity contribution in [2.75, 3.05) is 0 Å². The number of nitro benzene ring substituents is 1. The standard InChI is InChI=1S/C20H18N4O2S/c1-3-11-23-19(17-9-7-15(2)8-10-17)14-27-20(23)22-21-13-16-5-4-6-18(12-16)24(25)26/h3-10,12-14H,1,11H2,2H3/b21-13-,22-20-. The molecule has 0 saturated carbocycles. The van der Waals surface area contributed by atoms with Crippen LogP contribution in [0.15, 0.2) is 76.8 Å². The first-order valence-electron chi connectivity index (χ1n) is 8.26. The predicted molar refractivity (Wildman–Crippen MR) is 109 cm³/mol. The smallest absolute Gasteiger partial charge is 0.270 e. The molecule has 0 fully saturated rings. The van der Waals surface area contributed by atoms with Crippen molar-refractivity contribution < 1.29 is 4.92 Å². The maximum Gasteiger partial charge on any atom is 0.270 e. The summed E-state index contributed by atoms with van der Waals surface area (Å²) in [4.78, 5) is 11.1. The lowest BCUT2D eigenvalue weighted by molar-refractivity contribution is -0.384. The van der Waals surface area contributed by atoms with Gasteiger partial charge in [-0.25, -0.2) is 0 Å². The zero-order valence-electron chi connectivity index (χ0n) is 14.8. The first-order valence-corrected chi connectivity index (χ1v) is 9.14. The van der Waals surface area contributed by atoms with Gasteiger partial charge in [-0.1, -0.05) is 48.0 Å². The van der Waals surface area contributed by atoms with E-state index >= 15 is 0 Å². The van der Waals surface area contributed by atoms with E-state index in [1.165, 1.54) is 35.2 Å². The molecular formula is C20H18N4O2S. The molecule has 0 radical (unpaired) electrons. The first-order chi connectivity index (χ1) is 13.1. The molecule has 0 bridgehead atoms. The number of aromatic nitrogens is 1. The summed E-state index contributed by atoms with van der Waals surface area (Å²) in [7, 11) is 0. The molecule has 0 aliphatic heterocycles. The number of non-ortho nitro benzene ring substituents is 1. The summed E-state index contributed by atoms with van der Waals surface area (Å²) >= 11 is 1.48. The Hall–Kier alpha value is -3.32. The molecule has 6 nitrogen and oxygen atoms in total. The summed E-state index contributed by atoms with van der Waals surface area (Å²) in [5.41, 5.74) is 4.00. The van der Waals surface area contributed by atoms with E-state index in [1.54, 1.807) is 12.1 Å². The van der Waals surface area contributed by atoms with Gasteiger partial charge in [0.15, 0.2) is 0 Å². The highest BCUT2D eigenvalue weighted by atomic mass is 32.1. The Bertz CT molecular complexity index is 1060. The van der Waals surface area contributed by atoms with E-state index in [9.17, 15) is 10.1 Å². The van der Waals surface area contributed by atoms with E-state index in [2.05, 4.69) is 48.0 Å². The Morgan fingerprint density at radius 1 is 1.26 bits per heavy atom. The monoisotopic (exact) mass is 378 g/mol. The van der Waals surface area contributed by atoms with Crippen LogP contribution in [-0.2, 0) is 6.54 Å². The Morgan fingerprint density at radius 2 is 2.04 bits per heavy atom. The van der Waals surface area contributed by atoms with Crippen LogP contribution in [0.3, 0.4) is 0 Å². The molecule has 1 aromatic heterocycles. The van der Waals surface area contributed by atoms with E-state index in [0.29, 0.717) is 12.1 Å². The molecule has 0 aliphatic carbocycles. The van der Waals surface area contributed by atoms with E-state index < -0.39 is 4.92 Å². The van der Waals surface area contributed by atoms with Gasteiger partial charge in [0.1, 0.15) is 0 Å². The molecule has 2 aromatic carbocycles. The predicted octanol–water partition coefficient (Wildman–Crippen LogP) is 4.55. The number of nitrogens with zero attached hydrogens (tertiary/aromatic N) is 4. The SMILES string of the molecule is C=CCn1c(-c2ccc(C)cc2)cs/c1=N\N=C/c1cccc([N+](=O)[O-])c1. The van der Waals surface area contributed by atoms with Gasteiger partial charge in [-0.3, -0.25) is 10.1 Å². The second-order valence-electron chi connectivity index (χ2n) is 5.87. The fourth-order valence-electron chi connectivity index (χ4n) is 2.53. The maximum absolute atomic E-state index is 10.9. The molecule has 1 heterocycles. The number of rotatable bonds is 6. The molecule has 0 spiro atoms. The zero-order chi connectivity index (χ0) is 19.2. The number of hydrogen-bond donors (Lipinski definition) is 0. The third kappa shape index (κ3) is 4.45. The molecule has 0 N–H and O–H groups in total. The molecule has 0 saturated heterocycles. The van der Waals surface area contributed by atoms with Gasteiger partial charge in [-0.2, -0.15) is 5.10 Å². The van der Waals surface area contributed by atoms with Gasteiger partial charge in [0.2, 0.25) is 4.80 Å². The molecule has 0 aliphatic rings. The second kappa shape index (κ2) is 8.37. The van der Waals surface area contributed by atoms with Gasteiger partial charge in [-0.15, -0.1) is 23.0 Å². The van der Waals surface area contributed by atoms with Crippen LogP contribution in [0.4, 0.5) is 5.69 Å². The molecule has 3 aromatic rings. The lowest BCUT2D eigenvalue weighted by Gasteiger charge is -2.06. The lowest BCUT2D eigenvalue weighted by atomic mass is 10.1. The number of benzene rings is 2. The highest BCUT2D eigenvalue weighted by molar-refractivity contribution is 7.07. The summed E-state index contributed by atoms with van der Waals surface area (Å²) in [6.45, 7) is 6.48. The number of aryl methyl sites for hydroxylation is 1. The Balaban J connectivity index is 1.94. The minimum Gasteiger partial charge on any atom is -0.311 e. The van der Waals surface area contributed by atoms with Gasteiger partial charge in [-0.05, 0) is 12.5 Å². The van der Waals surface area contributed by atoms with Crippen molar-refractivity contribution in [2.45, 2.75) is 13.5 Å². The van der Waals surface area contributed by atoms with Gasteiger partial charge in [0.25, 0.3) is 5.69 Å². The number of thiazole rings is 1. The number of nitro groups is 1. The zero-order valence-corrected chi connectivity index (χ0v) is 15.6. The van der Waals surface area contributed by atoms with E-state index in [0.717, 1.165) is 16.1 Å². The normalized spacial score (nSPS) is 11.8. The van der Waals surface area contributed by atoms with Crippen molar-refractivity contribution in [3.8, 4) is 11.3 Å². The fourth-order valence-corrected chi connectivity index (χ4v) is 3.41. The van der Waals surface area contributed by atoms with Gasteiger partial charge in [0.05, 0.1) is 16.8 Å². The van der Waals surface area contributed by atoms with Gasteiger partial charge < -0.3 is 4.57 Å². The van der Waals surface area contributed by atoms with Crippen molar-refractivity contribution in [3.63, 3.8) is 0 Å². The lowest BCUT2D eigenvalue weighted by Crippen LogP contribution is -2.14. The Kier molecular flexibility index (Phi) is 5.73. The minimum atomic E-state index is -0.431. The molecule has 3 rings (SSSR count). The van der Waals surface area contributed by atoms with Crippen molar-refractivity contribution in [3.05, 3.63) is 92.6 Å². The molecular weight excluding hydrogens is 360 g/mol. The van der Waals surface area contributed by atoms with Crippen molar-refractivity contribution in [1.82, 2.24) is 4.57 Å². The third-order valence-corrected chi connectivity index (χ3v) is 4.74. The minimum absolute atomic E-state index is 0.0263. The van der Waals surface area contributed by atoms with Crippen LogP contribution < -0.4 is 4.80 Å². The quantitative estimate of drug-likeness (QED) is 0.273. The topological polar surface area (TPSA) is 72.8 Å². The number of allylic oxidation sites excluding steroid dienone is 1.